The number of carbonyl (C=O) groups is 2. The summed E-state index contributed by atoms with van der Waals surface area (Å²) < 4.78 is 40.8. The van der Waals surface area contributed by atoms with E-state index in [9.17, 15) is 27.5 Å². The Morgan fingerprint density at radius 3 is 2.19 bits per heavy atom. The molecule has 0 aliphatic heterocycles. The second-order valence-electron chi connectivity index (χ2n) is 9.25. The molecule has 0 saturated carbocycles. The molecule has 36 heavy (non-hydrogen) atoms. The lowest BCUT2D eigenvalue weighted by atomic mass is 10.0. The van der Waals surface area contributed by atoms with Gasteiger partial charge in [-0.05, 0) is 62.7 Å². The number of carbonyl (C=O) groups excluding carboxylic acids is 2. The lowest BCUT2D eigenvalue weighted by molar-refractivity contribution is -0.118. The van der Waals surface area contributed by atoms with E-state index in [-0.39, 0.29) is 22.6 Å². The summed E-state index contributed by atoms with van der Waals surface area (Å²) in [5.74, 6) is -2.19. The van der Waals surface area contributed by atoms with Crippen molar-refractivity contribution in [3.05, 3.63) is 89.7 Å². The van der Waals surface area contributed by atoms with Gasteiger partial charge in [-0.25, -0.2) is 17.5 Å². The van der Waals surface area contributed by atoms with Gasteiger partial charge in [0.2, 0.25) is 15.9 Å². The Bertz CT molecular complexity index is 1340. The third kappa shape index (κ3) is 7.37. The van der Waals surface area contributed by atoms with Crippen molar-refractivity contribution in [2.75, 3.05) is 5.32 Å². The average molecular weight is 514 g/mol. The molecular formula is C26H28FN3O5S. The molecule has 2 amide bonds. The largest absolute Gasteiger partial charge is 0.506 e. The van der Waals surface area contributed by atoms with Crippen molar-refractivity contribution in [2.45, 2.75) is 43.7 Å². The third-order valence-corrected chi connectivity index (χ3v) is 6.77. The van der Waals surface area contributed by atoms with Crippen molar-refractivity contribution in [1.82, 2.24) is 10.0 Å². The van der Waals surface area contributed by atoms with Gasteiger partial charge >= 0.3 is 0 Å². The quantitative estimate of drug-likeness (QED) is 0.366. The molecule has 0 saturated heterocycles. The number of hydrogen-bond donors (Lipinski definition) is 4. The van der Waals surface area contributed by atoms with Crippen molar-refractivity contribution < 1.29 is 27.5 Å². The van der Waals surface area contributed by atoms with Crippen LogP contribution in [0, 0.1) is 5.82 Å². The zero-order chi connectivity index (χ0) is 26.5. The zero-order valence-corrected chi connectivity index (χ0v) is 20.9. The zero-order valence-electron chi connectivity index (χ0n) is 20.1. The minimum absolute atomic E-state index is 0.140. The van der Waals surface area contributed by atoms with E-state index in [1.807, 2.05) is 6.07 Å². The Morgan fingerprint density at radius 2 is 1.61 bits per heavy atom. The van der Waals surface area contributed by atoms with Gasteiger partial charge in [0.15, 0.2) is 0 Å². The summed E-state index contributed by atoms with van der Waals surface area (Å²) in [6, 6.07) is 16.6. The van der Waals surface area contributed by atoms with Gasteiger partial charge < -0.3 is 15.7 Å². The smallest absolute Gasteiger partial charge is 0.251 e. The molecule has 10 heteroatoms. The van der Waals surface area contributed by atoms with E-state index in [1.165, 1.54) is 24.3 Å². The molecule has 1 atom stereocenters. The van der Waals surface area contributed by atoms with Gasteiger partial charge in [-0.2, -0.15) is 0 Å². The number of aromatic hydroxyl groups is 1. The minimum Gasteiger partial charge on any atom is -0.506 e. The van der Waals surface area contributed by atoms with E-state index in [2.05, 4.69) is 15.4 Å². The van der Waals surface area contributed by atoms with Crippen LogP contribution >= 0.6 is 0 Å². The number of phenolic OH excluding ortho intramolecular Hbond substituents is 1. The van der Waals surface area contributed by atoms with Crippen LogP contribution < -0.4 is 15.4 Å². The molecule has 3 aromatic carbocycles. The fourth-order valence-corrected chi connectivity index (χ4v) is 4.91. The molecule has 0 bridgehead atoms. The average Bonchev–Trinajstić information content (AvgIpc) is 2.78. The first-order chi connectivity index (χ1) is 16.8. The molecule has 0 heterocycles. The molecule has 0 unspecified atom stereocenters. The monoisotopic (exact) mass is 513 g/mol. The van der Waals surface area contributed by atoms with E-state index in [0.29, 0.717) is 0 Å². The standard InChI is InChI=1S/C26H28FN3O5S/c1-26(2,3)30-36(34,35)23-14-13-20(16-22(23)31)28-25(33)21(15-17-7-5-4-6-8-17)29-24(32)18-9-11-19(27)12-10-18/h4-14,16,21,30-31H,15H2,1-3H3,(H,28,33)(H,29,32)/t21-/m0/s1. The van der Waals surface area contributed by atoms with E-state index >= 15 is 0 Å². The maximum Gasteiger partial charge on any atom is 0.251 e. The second kappa shape index (κ2) is 10.9. The fraction of sp³-hybridized carbons (Fsp3) is 0.231. The maximum atomic E-state index is 13.2. The summed E-state index contributed by atoms with van der Waals surface area (Å²) in [7, 11) is -4.00. The molecule has 4 N–H and O–H groups in total. The molecule has 0 aromatic heterocycles. The summed E-state index contributed by atoms with van der Waals surface area (Å²) in [5.41, 5.74) is 0.350. The number of nitrogens with one attached hydrogen (secondary N) is 3. The molecule has 3 rings (SSSR count). The van der Waals surface area contributed by atoms with Crippen LogP contribution in [0.5, 0.6) is 5.75 Å². The first-order valence-corrected chi connectivity index (χ1v) is 12.6. The summed E-state index contributed by atoms with van der Waals surface area (Å²) >= 11 is 0. The van der Waals surface area contributed by atoms with Crippen molar-refractivity contribution in [3.63, 3.8) is 0 Å². The Hall–Kier alpha value is -3.76. The number of sulfonamides is 1. The van der Waals surface area contributed by atoms with Gasteiger partial charge in [0.1, 0.15) is 22.5 Å². The molecule has 0 aliphatic rings. The first-order valence-electron chi connectivity index (χ1n) is 11.1. The van der Waals surface area contributed by atoms with Gasteiger partial charge in [-0.1, -0.05) is 30.3 Å². The number of hydrogen-bond acceptors (Lipinski definition) is 5. The highest BCUT2D eigenvalue weighted by atomic mass is 32.2. The van der Waals surface area contributed by atoms with Crippen LogP contribution in [0.3, 0.4) is 0 Å². The molecule has 190 valence electrons. The normalized spacial score (nSPS) is 12.6. The van der Waals surface area contributed by atoms with Crippen LogP contribution in [-0.4, -0.2) is 36.9 Å². The molecule has 0 spiro atoms. The van der Waals surface area contributed by atoms with Crippen LogP contribution in [-0.2, 0) is 21.2 Å². The number of amides is 2. The third-order valence-electron chi connectivity index (χ3n) is 4.97. The number of benzene rings is 3. The Labute approximate surface area is 209 Å². The molecule has 3 aromatic rings. The van der Waals surface area contributed by atoms with E-state index < -0.39 is 45.0 Å². The first kappa shape index (κ1) is 26.8. The van der Waals surface area contributed by atoms with Crippen LogP contribution in [0.1, 0.15) is 36.7 Å². The number of halogens is 1. The van der Waals surface area contributed by atoms with Gasteiger partial charge in [-0.3, -0.25) is 9.59 Å². The Kier molecular flexibility index (Phi) is 8.11. The minimum atomic E-state index is -4.00. The van der Waals surface area contributed by atoms with E-state index in [1.54, 1.807) is 45.0 Å². The Balaban J connectivity index is 1.81. The maximum absolute atomic E-state index is 13.2. The van der Waals surface area contributed by atoms with E-state index in [0.717, 1.165) is 23.8 Å². The molecule has 0 aliphatic carbocycles. The van der Waals surface area contributed by atoms with Gasteiger partial charge in [-0.15, -0.1) is 0 Å². The topological polar surface area (TPSA) is 125 Å². The molecular weight excluding hydrogens is 485 g/mol. The van der Waals surface area contributed by atoms with Crippen molar-refractivity contribution >= 4 is 27.5 Å². The van der Waals surface area contributed by atoms with Gasteiger partial charge in [0.05, 0.1) is 0 Å². The van der Waals surface area contributed by atoms with Crippen LogP contribution in [0.4, 0.5) is 10.1 Å². The van der Waals surface area contributed by atoms with Gasteiger partial charge in [0.25, 0.3) is 5.91 Å². The lowest BCUT2D eigenvalue weighted by Gasteiger charge is -2.21. The second-order valence-corrected chi connectivity index (χ2v) is 10.9. The number of phenols is 1. The molecule has 0 radical (unpaired) electrons. The van der Waals surface area contributed by atoms with Crippen molar-refractivity contribution in [3.8, 4) is 5.75 Å². The van der Waals surface area contributed by atoms with Crippen molar-refractivity contribution in [2.24, 2.45) is 0 Å². The van der Waals surface area contributed by atoms with E-state index in [4.69, 9.17) is 0 Å². The lowest BCUT2D eigenvalue weighted by Crippen LogP contribution is -2.45. The fourth-order valence-electron chi connectivity index (χ4n) is 3.41. The highest BCUT2D eigenvalue weighted by Crippen LogP contribution is 2.27. The van der Waals surface area contributed by atoms with Crippen LogP contribution in [0.15, 0.2) is 77.7 Å². The van der Waals surface area contributed by atoms with Crippen molar-refractivity contribution in [1.29, 1.82) is 0 Å². The predicted molar refractivity (Wildman–Crippen MR) is 135 cm³/mol. The summed E-state index contributed by atoms with van der Waals surface area (Å²) in [5, 5.41) is 15.6. The summed E-state index contributed by atoms with van der Waals surface area (Å²) in [6.45, 7) is 5.01. The van der Waals surface area contributed by atoms with Crippen LogP contribution in [0.25, 0.3) is 0 Å². The SMILES string of the molecule is CC(C)(C)NS(=O)(=O)c1ccc(NC(=O)[C@H](Cc2ccccc2)NC(=O)c2ccc(F)cc2)cc1O. The number of rotatable bonds is 8. The summed E-state index contributed by atoms with van der Waals surface area (Å²) in [6.07, 6.45) is 0.160. The van der Waals surface area contributed by atoms with Crippen LogP contribution in [0.2, 0.25) is 0 Å². The highest BCUT2D eigenvalue weighted by molar-refractivity contribution is 7.89. The highest BCUT2D eigenvalue weighted by Gasteiger charge is 2.26. The van der Waals surface area contributed by atoms with Gasteiger partial charge in [0, 0.05) is 29.3 Å². The molecule has 8 nitrogen and oxygen atoms in total. The molecule has 0 fully saturated rings. The number of anilines is 1. The summed E-state index contributed by atoms with van der Waals surface area (Å²) in [4.78, 5) is 25.5. The Morgan fingerprint density at radius 1 is 0.972 bits per heavy atom. The predicted octanol–water partition coefficient (Wildman–Crippen LogP) is 3.59.